The minimum Gasteiger partial charge on any atom is -0.295 e. The molecule has 0 bridgehead atoms. The van der Waals surface area contributed by atoms with Crippen LogP contribution in [0.25, 0.3) is 0 Å². The Bertz CT molecular complexity index is 332. The molecule has 1 spiro atoms. The van der Waals surface area contributed by atoms with Gasteiger partial charge in [-0.15, -0.1) is 0 Å². The molecule has 15 heavy (non-hydrogen) atoms. The van der Waals surface area contributed by atoms with Crippen LogP contribution in [0.2, 0.25) is 0 Å². The van der Waals surface area contributed by atoms with Crippen molar-refractivity contribution in [1.82, 2.24) is 4.90 Å². The Balaban J connectivity index is 1.65. The Morgan fingerprint density at radius 1 is 1.13 bits per heavy atom. The summed E-state index contributed by atoms with van der Waals surface area (Å²) in [5.41, 5.74) is 2.22. The number of hydrogen-bond acceptors (Lipinski definition) is 1. The van der Waals surface area contributed by atoms with E-state index >= 15 is 0 Å². The van der Waals surface area contributed by atoms with Gasteiger partial charge in [-0.1, -0.05) is 36.8 Å². The second-order valence-electron chi connectivity index (χ2n) is 5.35. The van der Waals surface area contributed by atoms with Gasteiger partial charge in [0.25, 0.3) is 0 Å². The second kappa shape index (κ2) is 3.34. The van der Waals surface area contributed by atoms with Gasteiger partial charge in [-0.05, 0) is 30.7 Å². The fraction of sp³-hybridized carbons (Fsp3) is 0.571. The van der Waals surface area contributed by atoms with Crippen molar-refractivity contribution in [1.29, 1.82) is 0 Å². The van der Waals surface area contributed by atoms with Gasteiger partial charge in [0.2, 0.25) is 0 Å². The highest BCUT2D eigenvalue weighted by atomic mass is 15.2. The van der Waals surface area contributed by atoms with E-state index in [1.165, 1.54) is 37.9 Å². The van der Waals surface area contributed by atoms with Crippen molar-refractivity contribution in [2.24, 2.45) is 5.41 Å². The molecule has 2 aliphatic rings. The minimum absolute atomic E-state index is 0.609. The maximum absolute atomic E-state index is 2.62. The predicted molar refractivity (Wildman–Crippen MR) is 62.7 cm³/mol. The third kappa shape index (κ3) is 1.50. The quantitative estimate of drug-likeness (QED) is 0.710. The number of nitrogens with zero attached hydrogens (tertiary/aromatic N) is 1. The highest BCUT2D eigenvalue weighted by molar-refractivity contribution is 5.19. The summed E-state index contributed by atoms with van der Waals surface area (Å²) < 4.78 is 0. The van der Waals surface area contributed by atoms with Crippen LogP contribution in [0, 0.1) is 5.41 Å². The zero-order valence-corrected chi connectivity index (χ0v) is 9.45. The number of rotatable bonds is 2. The summed E-state index contributed by atoms with van der Waals surface area (Å²) in [6, 6.07) is 11.5. The van der Waals surface area contributed by atoms with Crippen molar-refractivity contribution in [3.05, 3.63) is 35.9 Å². The average molecular weight is 201 g/mol. The highest BCUT2D eigenvalue weighted by Gasteiger charge is 2.48. The van der Waals surface area contributed by atoms with Gasteiger partial charge in [0, 0.05) is 19.1 Å². The first-order valence-electron chi connectivity index (χ1n) is 6.08. The average Bonchev–Trinajstić information content (AvgIpc) is 2.14. The van der Waals surface area contributed by atoms with Crippen molar-refractivity contribution in [2.75, 3.05) is 13.1 Å². The third-order valence-corrected chi connectivity index (χ3v) is 4.32. The fourth-order valence-corrected chi connectivity index (χ4v) is 3.02. The molecular weight excluding hydrogens is 182 g/mol. The van der Waals surface area contributed by atoms with E-state index in [1.807, 2.05) is 0 Å². The largest absolute Gasteiger partial charge is 0.295 e. The lowest BCUT2D eigenvalue weighted by Gasteiger charge is -2.58. The van der Waals surface area contributed by atoms with Crippen molar-refractivity contribution in [3.8, 4) is 0 Å². The van der Waals surface area contributed by atoms with E-state index in [0.29, 0.717) is 6.04 Å². The summed E-state index contributed by atoms with van der Waals surface area (Å²) in [5, 5.41) is 0. The molecule has 1 aromatic rings. The van der Waals surface area contributed by atoms with E-state index in [9.17, 15) is 0 Å². The van der Waals surface area contributed by atoms with Crippen LogP contribution in [0.15, 0.2) is 30.3 Å². The molecule has 80 valence electrons. The molecule has 3 rings (SSSR count). The van der Waals surface area contributed by atoms with Crippen LogP contribution in [0.4, 0.5) is 0 Å². The van der Waals surface area contributed by atoms with Crippen molar-refractivity contribution in [3.63, 3.8) is 0 Å². The second-order valence-corrected chi connectivity index (χ2v) is 5.35. The van der Waals surface area contributed by atoms with E-state index in [-0.39, 0.29) is 0 Å². The van der Waals surface area contributed by atoms with Gasteiger partial charge in [0.05, 0.1) is 0 Å². The summed E-state index contributed by atoms with van der Waals surface area (Å²) in [6.07, 6.45) is 4.42. The Morgan fingerprint density at radius 2 is 1.80 bits per heavy atom. The van der Waals surface area contributed by atoms with E-state index in [2.05, 4.69) is 42.2 Å². The Labute approximate surface area is 92.1 Å². The molecule has 2 fully saturated rings. The molecule has 1 heterocycles. The molecule has 1 heteroatoms. The fourth-order valence-electron chi connectivity index (χ4n) is 3.02. The molecule has 1 nitrogen and oxygen atoms in total. The summed E-state index contributed by atoms with van der Waals surface area (Å²) in [6.45, 7) is 5.01. The Morgan fingerprint density at radius 3 is 2.33 bits per heavy atom. The molecule has 1 atom stereocenters. The van der Waals surface area contributed by atoms with E-state index in [4.69, 9.17) is 0 Å². The van der Waals surface area contributed by atoms with Gasteiger partial charge in [-0.25, -0.2) is 0 Å². The molecule has 1 unspecified atom stereocenters. The summed E-state index contributed by atoms with van der Waals surface area (Å²) in [5.74, 6) is 0. The van der Waals surface area contributed by atoms with Crippen LogP contribution in [-0.4, -0.2) is 18.0 Å². The first kappa shape index (κ1) is 9.41. The summed E-state index contributed by atoms with van der Waals surface area (Å²) in [4.78, 5) is 2.62. The molecule has 1 aliphatic heterocycles. The van der Waals surface area contributed by atoms with Crippen molar-refractivity contribution < 1.29 is 0 Å². The molecule has 1 saturated carbocycles. The van der Waals surface area contributed by atoms with Crippen LogP contribution in [0.3, 0.4) is 0 Å². The SMILES string of the molecule is CC(c1ccccc1)N1CC2(CCC2)C1. The Kier molecular flexibility index (Phi) is 2.10. The monoisotopic (exact) mass is 201 g/mol. The normalized spacial score (nSPS) is 25.7. The maximum Gasteiger partial charge on any atom is 0.0320 e. The zero-order valence-electron chi connectivity index (χ0n) is 9.45. The van der Waals surface area contributed by atoms with Crippen LogP contribution >= 0.6 is 0 Å². The topological polar surface area (TPSA) is 3.24 Å². The van der Waals surface area contributed by atoms with Gasteiger partial charge in [0.15, 0.2) is 0 Å². The van der Waals surface area contributed by atoms with Gasteiger partial charge in [-0.3, -0.25) is 4.90 Å². The lowest BCUT2D eigenvalue weighted by molar-refractivity contribution is -0.0804. The van der Waals surface area contributed by atoms with Gasteiger partial charge < -0.3 is 0 Å². The Hall–Kier alpha value is -0.820. The smallest absolute Gasteiger partial charge is 0.0320 e. The van der Waals surface area contributed by atoms with Crippen LogP contribution in [-0.2, 0) is 0 Å². The summed E-state index contributed by atoms with van der Waals surface area (Å²) >= 11 is 0. The lowest BCUT2D eigenvalue weighted by atomic mass is 9.63. The third-order valence-electron chi connectivity index (χ3n) is 4.32. The van der Waals surface area contributed by atoms with Crippen molar-refractivity contribution in [2.45, 2.75) is 32.2 Å². The van der Waals surface area contributed by atoms with Gasteiger partial charge in [0.1, 0.15) is 0 Å². The van der Waals surface area contributed by atoms with E-state index in [1.54, 1.807) is 0 Å². The number of likely N-dealkylation sites (tertiary alicyclic amines) is 1. The predicted octanol–water partition coefficient (Wildman–Crippen LogP) is 3.23. The van der Waals surface area contributed by atoms with E-state index in [0.717, 1.165) is 5.41 Å². The molecule has 1 aromatic carbocycles. The van der Waals surface area contributed by atoms with Crippen LogP contribution in [0.5, 0.6) is 0 Å². The van der Waals surface area contributed by atoms with Gasteiger partial charge in [-0.2, -0.15) is 0 Å². The summed E-state index contributed by atoms with van der Waals surface area (Å²) in [7, 11) is 0. The minimum atomic E-state index is 0.609. The maximum atomic E-state index is 2.62. The molecule has 0 radical (unpaired) electrons. The molecule has 0 aromatic heterocycles. The molecular formula is C14H19N. The molecule has 0 N–H and O–H groups in total. The number of hydrogen-bond donors (Lipinski definition) is 0. The molecule has 1 aliphatic carbocycles. The molecule has 1 saturated heterocycles. The highest BCUT2D eigenvalue weighted by Crippen LogP contribution is 2.50. The lowest BCUT2D eigenvalue weighted by Crippen LogP contribution is -2.59. The number of benzene rings is 1. The first-order valence-corrected chi connectivity index (χ1v) is 6.08. The molecule has 0 amide bonds. The first-order chi connectivity index (χ1) is 7.29. The van der Waals surface area contributed by atoms with Crippen LogP contribution in [0.1, 0.15) is 37.8 Å². The van der Waals surface area contributed by atoms with Crippen molar-refractivity contribution >= 4 is 0 Å². The van der Waals surface area contributed by atoms with E-state index < -0.39 is 0 Å². The standard InChI is InChI=1S/C14H19N/c1-12(13-6-3-2-4-7-13)15-10-14(11-15)8-5-9-14/h2-4,6-7,12H,5,8-11H2,1H3. The zero-order chi connectivity index (χ0) is 10.3. The van der Waals surface area contributed by atoms with Crippen LogP contribution < -0.4 is 0 Å². The van der Waals surface area contributed by atoms with Gasteiger partial charge >= 0.3 is 0 Å².